The maximum atomic E-state index is 10.3. The normalized spacial score (nSPS) is 43.2. The quantitative estimate of drug-likeness (QED) is 0.226. The van der Waals surface area contributed by atoms with Gasteiger partial charge in [-0.05, 0) is 111 Å². The summed E-state index contributed by atoms with van der Waals surface area (Å²) < 4.78 is 0. The minimum absolute atomic E-state index is 0.125. The first-order chi connectivity index (χ1) is 15.6. The Morgan fingerprint density at radius 1 is 1.15 bits per heavy atom. The molecule has 0 aliphatic heterocycles. The molecular weight excluding hydrogens is 412 g/mol. The van der Waals surface area contributed by atoms with E-state index in [1.54, 1.807) is 11.6 Å². The van der Waals surface area contributed by atoms with Crippen LogP contribution in [0.5, 0.6) is 0 Å². The number of fused-ring (bicyclic) bond motifs is 5. The molecule has 33 heavy (non-hydrogen) atoms. The van der Waals surface area contributed by atoms with Gasteiger partial charge < -0.3 is 5.11 Å². The Morgan fingerprint density at radius 2 is 1.91 bits per heavy atom. The SMILES string of the molecule is C=CC(CC[C@@H](C)[C@H]1CC[C@H]2[C@@H]3CC=C4C[C@@H](O)CC[C@]4(C)[C@H]3CC[C@]12C)(OOO)C(C)C. The van der Waals surface area contributed by atoms with Crippen molar-refractivity contribution in [2.75, 3.05) is 0 Å². The Bertz CT molecular complexity index is 746. The van der Waals surface area contributed by atoms with Gasteiger partial charge in [0.15, 0.2) is 0 Å². The van der Waals surface area contributed by atoms with Crippen LogP contribution in [0.2, 0.25) is 0 Å². The summed E-state index contributed by atoms with van der Waals surface area (Å²) in [7, 11) is 0. The molecule has 3 saturated carbocycles. The fraction of sp³-hybridized carbons (Fsp3) is 0.862. The van der Waals surface area contributed by atoms with Crippen LogP contribution in [0.25, 0.3) is 0 Å². The van der Waals surface area contributed by atoms with Crippen LogP contribution in [-0.4, -0.2) is 22.1 Å². The zero-order valence-corrected chi connectivity index (χ0v) is 21.7. The Kier molecular flexibility index (Phi) is 7.25. The van der Waals surface area contributed by atoms with Gasteiger partial charge in [0.25, 0.3) is 0 Å². The third kappa shape index (κ3) is 4.17. The third-order valence-corrected chi connectivity index (χ3v) is 11.3. The van der Waals surface area contributed by atoms with Crippen LogP contribution in [0.15, 0.2) is 24.3 Å². The van der Waals surface area contributed by atoms with E-state index >= 15 is 0 Å². The first-order valence-corrected chi connectivity index (χ1v) is 13.6. The van der Waals surface area contributed by atoms with E-state index in [0.29, 0.717) is 16.7 Å². The van der Waals surface area contributed by atoms with Crippen LogP contribution in [-0.2, 0) is 9.93 Å². The van der Waals surface area contributed by atoms with Gasteiger partial charge in [0, 0.05) is 0 Å². The van der Waals surface area contributed by atoms with Crippen LogP contribution < -0.4 is 0 Å². The highest BCUT2D eigenvalue weighted by Gasteiger charge is 2.59. The lowest BCUT2D eigenvalue weighted by Crippen LogP contribution is -2.50. The molecule has 4 heteroatoms. The Balaban J connectivity index is 1.48. The van der Waals surface area contributed by atoms with Crippen molar-refractivity contribution in [3.05, 3.63) is 24.3 Å². The minimum atomic E-state index is -0.649. The summed E-state index contributed by atoms with van der Waals surface area (Å²) in [6.07, 6.45) is 15.7. The molecule has 0 aromatic carbocycles. The first-order valence-electron chi connectivity index (χ1n) is 13.6. The molecule has 0 aromatic heterocycles. The topological polar surface area (TPSA) is 58.9 Å². The first kappa shape index (κ1) is 25.4. The molecule has 0 saturated heterocycles. The molecular formula is C29H48O4. The Hall–Kier alpha value is -0.680. The molecule has 0 amide bonds. The predicted molar refractivity (Wildman–Crippen MR) is 132 cm³/mol. The third-order valence-electron chi connectivity index (χ3n) is 11.3. The van der Waals surface area contributed by atoms with Gasteiger partial charge >= 0.3 is 0 Å². The zero-order valence-electron chi connectivity index (χ0n) is 21.7. The molecule has 0 bridgehead atoms. The summed E-state index contributed by atoms with van der Waals surface area (Å²) in [5.74, 6) is 3.93. The molecule has 4 nitrogen and oxygen atoms in total. The van der Waals surface area contributed by atoms with Crippen molar-refractivity contribution in [1.82, 2.24) is 0 Å². The maximum absolute atomic E-state index is 10.3. The molecule has 3 fully saturated rings. The fourth-order valence-electron chi connectivity index (χ4n) is 9.14. The van der Waals surface area contributed by atoms with E-state index < -0.39 is 5.60 Å². The van der Waals surface area contributed by atoms with E-state index in [9.17, 15) is 5.11 Å². The number of hydrogen-bond acceptors (Lipinski definition) is 4. The summed E-state index contributed by atoms with van der Waals surface area (Å²) in [6.45, 7) is 15.7. The van der Waals surface area contributed by atoms with Crippen molar-refractivity contribution in [3.8, 4) is 0 Å². The summed E-state index contributed by atoms with van der Waals surface area (Å²) in [6, 6.07) is 0. The molecule has 0 spiro atoms. The van der Waals surface area contributed by atoms with Gasteiger partial charge in [0.1, 0.15) is 5.60 Å². The molecule has 2 N–H and O–H groups in total. The molecule has 0 radical (unpaired) electrons. The van der Waals surface area contributed by atoms with Crippen LogP contribution >= 0.6 is 0 Å². The molecule has 188 valence electrons. The van der Waals surface area contributed by atoms with Gasteiger partial charge in [-0.25, -0.2) is 5.26 Å². The predicted octanol–water partition coefficient (Wildman–Crippen LogP) is 7.34. The molecule has 4 aliphatic carbocycles. The van der Waals surface area contributed by atoms with E-state index in [0.717, 1.165) is 55.8 Å². The van der Waals surface area contributed by atoms with Gasteiger partial charge in [0.2, 0.25) is 0 Å². The summed E-state index contributed by atoms with van der Waals surface area (Å²) >= 11 is 0. The van der Waals surface area contributed by atoms with E-state index in [1.165, 1.54) is 32.1 Å². The maximum Gasteiger partial charge on any atom is 0.127 e. The lowest BCUT2D eigenvalue weighted by molar-refractivity contribution is -0.524. The van der Waals surface area contributed by atoms with Crippen LogP contribution in [0.4, 0.5) is 0 Å². The second-order valence-corrected chi connectivity index (χ2v) is 12.9. The summed E-state index contributed by atoms with van der Waals surface area (Å²) in [5.41, 5.74) is 1.65. The second kappa shape index (κ2) is 9.41. The molecule has 0 heterocycles. The smallest absolute Gasteiger partial charge is 0.127 e. The fourth-order valence-corrected chi connectivity index (χ4v) is 9.14. The van der Waals surface area contributed by atoms with Crippen molar-refractivity contribution < 1.29 is 20.3 Å². The van der Waals surface area contributed by atoms with Crippen LogP contribution in [0, 0.1) is 46.3 Å². The highest BCUT2D eigenvalue weighted by molar-refractivity contribution is 5.25. The number of aliphatic hydroxyl groups excluding tert-OH is 1. The van der Waals surface area contributed by atoms with Crippen molar-refractivity contribution in [2.24, 2.45) is 46.3 Å². The van der Waals surface area contributed by atoms with Crippen molar-refractivity contribution in [3.63, 3.8) is 0 Å². The minimum Gasteiger partial charge on any atom is -0.393 e. The highest BCUT2D eigenvalue weighted by Crippen LogP contribution is 2.67. The summed E-state index contributed by atoms with van der Waals surface area (Å²) in [5, 5.41) is 23.4. The van der Waals surface area contributed by atoms with Crippen LogP contribution in [0.3, 0.4) is 0 Å². The number of hydrogen-bond donors (Lipinski definition) is 2. The van der Waals surface area contributed by atoms with E-state index in [2.05, 4.69) is 52.3 Å². The standard InChI is InChI=1S/C29H48O4/c1-7-29(19(2)3,32-33-31)17-12-20(4)24-10-11-25-23-9-8-21-18-22(30)13-15-27(21,5)26(23)14-16-28(24,25)6/h7-8,19-20,22-26,30-31H,1,9-18H2,2-6H3/t20-,22+,23+,24-,25+,26+,27+,28-,29?/m1/s1. The lowest BCUT2D eigenvalue weighted by Gasteiger charge is -2.58. The van der Waals surface area contributed by atoms with E-state index in [4.69, 9.17) is 10.1 Å². The van der Waals surface area contributed by atoms with Crippen molar-refractivity contribution in [1.29, 1.82) is 0 Å². The average Bonchev–Trinajstić information content (AvgIpc) is 3.14. The van der Waals surface area contributed by atoms with E-state index in [-0.39, 0.29) is 12.0 Å². The monoisotopic (exact) mass is 460 g/mol. The molecule has 4 rings (SSSR count). The van der Waals surface area contributed by atoms with Crippen LogP contribution in [0.1, 0.15) is 98.8 Å². The summed E-state index contributed by atoms with van der Waals surface area (Å²) in [4.78, 5) is 5.34. The van der Waals surface area contributed by atoms with Gasteiger partial charge in [-0.1, -0.05) is 57.4 Å². The number of aliphatic hydroxyl groups is 1. The van der Waals surface area contributed by atoms with Gasteiger partial charge in [0.05, 0.1) is 6.10 Å². The largest absolute Gasteiger partial charge is 0.393 e. The number of rotatable bonds is 8. The Labute approximate surface area is 201 Å². The zero-order chi connectivity index (χ0) is 24.0. The second-order valence-electron chi connectivity index (χ2n) is 12.9. The molecule has 1 unspecified atom stereocenters. The van der Waals surface area contributed by atoms with Gasteiger partial charge in [-0.2, -0.15) is 4.89 Å². The Morgan fingerprint density at radius 3 is 2.58 bits per heavy atom. The molecule has 9 atom stereocenters. The van der Waals surface area contributed by atoms with Crippen molar-refractivity contribution >= 4 is 0 Å². The highest BCUT2D eigenvalue weighted by atomic mass is 17.5. The molecule has 0 aromatic rings. The number of allylic oxidation sites excluding steroid dienone is 1. The molecule has 4 aliphatic rings. The van der Waals surface area contributed by atoms with Gasteiger partial charge in [-0.15, -0.1) is 6.58 Å². The average molecular weight is 461 g/mol. The van der Waals surface area contributed by atoms with Crippen molar-refractivity contribution in [2.45, 2.75) is 111 Å². The van der Waals surface area contributed by atoms with E-state index in [1.807, 2.05) is 0 Å². The lowest BCUT2D eigenvalue weighted by atomic mass is 9.47. The van der Waals surface area contributed by atoms with Gasteiger partial charge in [-0.3, -0.25) is 0 Å².